The second kappa shape index (κ2) is 12.3. The summed E-state index contributed by atoms with van der Waals surface area (Å²) in [6.07, 6.45) is 2.79. The van der Waals surface area contributed by atoms with Crippen LogP contribution in [0.15, 0.2) is 59.4 Å². The van der Waals surface area contributed by atoms with E-state index >= 15 is 0 Å². The van der Waals surface area contributed by atoms with Crippen LogP contribution < -0.4 is 5.56 Å². The summed E-state index contributed by atoms with van der Waals surface area (Å²) in [4.78, 5) is 34.4. The molecule has 2 aromatic carbocycles. The number of aromatic nitrogens is 2. The lowest BCUT2D eigenvalue weighted by Gasteiger charge is -2.34. The van der Waals surface area contributed by atoms with Crippen molar-refractivity contribution in [3.8, 4) is 5.69 Å². The van der Waals surface area contributed by atoms with E-state index in [4.69, 9.17) is 9.72 Å². The van der Waals surface area contributed by atoms with Crippen LogP contribution in [-0.4, -0.2) is 40.6 Å². The molecule has 194 valence electrons. The highest BCUT2D eigenvalue weighted by atomic mass is 16.5. The predicted molar refractivity (Wildman–Crippen MR) is 146 cm³/mol. The molecule has 0 fully saturated rings. The first-order valence-electron chi connectivity index (χ1n) is 13.0. The average molecular weight is 492 g/mol. The quantitative estimate of drug-likeness (QED) is 0.301. The molecule has 0 aliphatic rings. The van der Waals surface area contributed by atoms with Crippen molar-refractivity contribution in [1.82, 2.24) is 14.5 Å². The van der Waals surface area contributed by atoms with Crippen LogP contribution in [0.5, 0.6) is 0 Å². The lowest BCUT2D eigenvalue weighted by atomic mass is 9.84. The molecule has 3 rings (SSSR count). The summed E-state index contributed by atoms with van der Waals surface area (Å²) < 4.78 is 6.99. The molecule has 6 nitrogen and oxygen atoms in total. The van der Waals surface area contributed by atoms with Crippen LogP contribution in [0.25, 0.3) is 16.6 Å². The molecule has 2 unspecified atom stereocenters. The van der Waals surface area contributed by atoms with Gasteiger partial charge in [0.2, 0.25) is 5.91 Å². The van der Waals surface area contributed by atoms with Crippen LogP contribution in [0.4, 0.5) is 0 Å². The number of methoxy groups -OCH3 is 1. The molecule has 0 N–H and O–H groups in total. The third kappa shape index (κ3) is 6.82. The standard InChI is InChI=1S/C30H41N3O3/c1-7-26(32(18-13-19-36-6)27(34)20-22(2)21-30(3,4)5)28-31-25-17-12-11-16-24(25)29(35)33(28)23-14-9-8-10-15-23/h8-12,14-17,22,26H,7,13,18-21H2,1-6H3. The summed E-state index contributed by atoms with van der Waals surface area (Å²) in [5.74, 6) is 0.944. The predicted octanol–water partition coefficient (Wildman–Crippen LogP) is 6.16. The second-order valence-electron chi connectivity index (χ2n) is 10.9. The van der Waals surface area contributed by atoms with Crippen LogP contribution in [0.1, 0.15) is 72.2 Å². The molecule has 2 atom stereocenters. The Balaban J connectivity index is 2.12. The summed E-state index contributed by atoms with van der Waals surface area (Å²) in [6, 6.07) is 16.7. The number of rotatable bonds is 11. The molecule has 1 aromatic heterocycles. The monoisotopic (exact) mass is 491 g/mol. The molecular formula is C30H41N3O3. The van der Waals surface area contributed by atoms with E-state index in [1.165, 1.54) is 0 Å². The van der Waals surface area contributed by atoms with Gasteiger partial charge in [0.05, 0.1) is 22.6 Å². The molecule has 0 saturated carbocycles. The zero-order valence-corrected chi connectivity index (χ0v) is 22.7. The van der Waals surface area contributed by atoms with Gasteiger partial charge in [-0.05, 0) is 54.9 Å². The van der Waals surface area contributed by atoms with Gasteiger partial charge in [-0.2, -0.15) is 0 Å². The van der Waals surface area contributed by atoms with E-state index in [0.717, 1.165) is 18.5 Å². The number of benzene rings is 2. The Hall–Kier alpha value is -2.99. The van der Waals surface area contributed by atoms with Crippen molar-refractivity contribution in [2.75, 3.05) is 20.3 Å². The average Bonchev–Trinajstić information content (AvgIpc) is 2.83. The van der Waals surface area contributed by atoms with E-state index in [9.17, 15) is 9.59 Å². The highest BCUT2D eigenvalue weighted by Crippen LogP contribution is 2.30. The number of hydrogen-bond donors (Lipinski definition) is 0. The minimum absolute atomic E-state index is 0.0942. The van der Waals surface area contributed by atoms with E-state index in [-0.39, 0.29) is 28.8 Å². The topological polar surface area (TPSA) is 64.4 Å². The van der Waals surface area contributed by atoms with Gasteiger partial charge in [0.1, 0.15) is 5.82 Å². The number of fused-ring (bicyclic) bond motifs is 1. The Morgan fingerprint density at radius 1 is 1.08 bits per heavy atom. The smallest absolute Gasteiger partial charge is 0.266 e. The molecule has 0 aliphatic carbocycles. The Morgan fingerprint density at radius 3 is 2.39 bits per heavy atom. The number of hydrogen-bond acceptors (Lipinski definition) is 4. The molecule has 0 aliphatic heterocycles. The van der Waals surface area contributed by atoms with Gasteiger partial charge < -0.3 is 9.64 Å². The van der Waals surface area contributed by atoms with Crippen LogP contribution in [0, 0.1) is 11.3 Å². The van der Waals surface area contributed by atoms with E-state index in [2.05, 4.69) is 34.6 Å². The summed E-state index contributed by atoms with van der Waals surface area (Å²) >= 11 is 0. The van der Waals surface area contributed by atoms with Crippen molar-refractivity contribution in [2.45, 2.75) is 66.3 Å². The van der Waals surface area contributed by atoms with Gasteiger partial charge in [-0.15, -0.1) is 0 Å². The Kier molecular flexibility index (Phi) is 9.43. The van der Waals surface area contributed by atoms with Crippen molar-refractivity contribution in [3.63, 3.8) is 0 Å². The maximum atomic E-state index is 13.8. The molecule has 1 heterocycles. The van der Waals surface area contributed by atoms with Crippen LogP contribution in [0.3, 0.4) is 0 Å². The molecule has 36 heavy (non-hydrogen) atoms. The first kappa shape index (κ1) is 27.6. The van der Waals surface area contributed by atoms with Crippen LogP contribution in [0.2, 0.25) is 0 Å². The highest BCUT2D eigenvalue weighted by Gasteiger charge is 2.30. The lowest BCUT2D eigenvalue weighted by Crippen LogP contribution is -2.40. The number of ether oxygens (including phenoxy) is 1. The minimum Gasteiger partial charge on any atom is -0.385 e. The summed E-state index contributed by atoms with van der Waals surface area (Å²) in [5.41, 5.74) is 1.43. The molecule has 0 spiro atoms. The van der Waals surface area contributed by atoms with Gasteiger partial charge in [0, 0.05) is 26.7 Å². The lowest BCUT2D eigenvalue weighted by molar-refractivity contribution is -0.135. The Morgan fingerprint density at radius 2 is 1.75 bits per heavy atom. The van der Waals surface area contributed by atoms with Crippen molar-refractivity contribution >= 4 is 16.8 Å². The maximum Gasteiger partial charge on any atom is 0.266 e. The van der Waals surface area contributed by atoms with E-state index in [0.29, 0.717) is 42.7 Å². The first-order valence-corrected chi connectivity index (χ1v) is 13.0. The van der Waals surface area contributed by atoms with Crippen molar-refractivity contribution in [2.24, 2.45) is 11.3 Å². The number of carbonyl (C=O) groups is 1. The second-order valence-corrected chi connectivity index (χ2v) is 10.9. The fraction of sp³-hybridized carbons (Fsp3) is 0.500. The molecule has 0 saturated heterocycles. The van der Waals surface area contributed by atoms with Crippen molar-refractivity contribution < 1.29 is 9.53 Å². The number of amides is 1. The minimum atomic E-state index is -0.339. The molecule has 1 amide bonds. The van der Waals surface area contributed by atoms with E-state index in [1.54, 1.807) is 11.7 Å². The van der Waals surface area contributed by atoms with E-state index in [1.807, 2.05) is 59.5 Å². The third-order valence-electron chi connectivity index (χ3n) is 6.43. The Bertz CT molecular complexity index is 1200. The molecule has 6 heteroatoms. The van der Waals surface area contributed by atoms with Gasteiger partial charge in [-0.3, -0.25) is 14.2 Å². The van der Waals surface area contributed by atoms with Crippen molar-refractivity contribution in [1.29, 1.82) is 0 Å². The fourth-order valence-corrected chi connectivity index (χ4v) is 5.11. The van der Waals surface area contributed by atoms with Crippen LogP contribution >= 0.6 is 0 Å². The number of para-hydroxylation sites is 2. The summed E-state index contributed by atoms with van der Waals surface area (Å²) in [7, 11) is 1.67. The SMILES string of the molecule is CCC(c1nc2ccccc2c(=O)n1-c1ccccc1)N(CCCOC)C(=O)CC(C)CC(C)(C)C. The van der Waals surface area contributed by atoms with Gasteiger partial charge in [0.25, 0.3) is 5.56 Å². The fourth-order valence-electron chi connectivity index (χ4n) is 5.11. The van der Waals surface area contributed by atoms with Crippen molar-refractivity contribution in [3.05, 3.63) is 70.8 Å². The molecule has 0 bridgehead atoms. The maximum absolute atomic E-state index is 13.8. The van der Waals surface area contributed by atoms with Gasteiger partial charge in [-0.1, -0.05) is 65.0 Å². The van der Waals surface area contributed by atoms with Gasteiger partial charge in [0.15, 0.2) is 0 Å². The molecule has 3 aromatic rings. The first-order chi connectivity index (χ1) is 17.2. The summed E-state index contributed by atoms with van der Waals surface area (Å²) in [6.45, 7) is 11.9. The highest BCUT2D eigenvalue weighted by molar-refractivity contribution is 5.79. The zero-order valence-electron chi connectivity index (χ0n) is 22.7. The zero-order chi connectivity index (χ0) is 26.3. The van der Waals surface area contributed by atoms with E-state index < -0.39 is 0 Å². The molecular weight excluding hydrogens is 450 g/mol. The number of carbonyl (C=O) groups excluding carboxylic acids is 1. The molecule has 0 radical (unpaired) electrons. The van der Waals surface area contributed by atoms with Crippen LogP contribution in [-0.2, 0) is 9.53 Å². The summed E-state index contributed by atoms with van der Waals surface area (Å²) in [5, 5.41) is 0.566. The normalized spacial score (nSPS) is 13.5. The Labute approximate surface area is 215 Å². The van der Waals surface area contributed by atoms with Gasteiger partial charge in [-0.25, -0.2) is 4.98 Å². The number of nitrogens with zero attached hydrogens (tertiary/aromatic N) is 3. The largest absolute Gasteiger partial charge is 0.385 e. The third-order valence-corrected chi connectivity index (χ3v) is 6.43. The van der Waals surface area contributed by atoms with Gasteiger partial charge >= 0.3 is 0 Å².